The minimum Gasteiger partial charge on any atom is -0.481 e. The molecule has 108 valence electrons. The molecule has 1 atom stereocenters. The molecule has 0 saturated heterocycles. The first-order valence-corrected chi connectivity index (χ1v) is 7.14. The average Bonchev–Trinajstić information content (AvgIpc) is 3.03. The number of carboxylic acids is 1. The monoisotopic (exact) mass is 296 g/mol. The summed E-state index contributed by atoms with van der Waals surface area (Å²) in [5.41, 5.74) is 0.830. The molecule has 0 bridgehead atoms. The van der Waals surface area contributed by atoms with E-state index in [0.29, 0.717) is 12.2 Å². The summed E-state index contributed by atoms with van der Waals surface area (Å²) >= 11 is 1.22. The van der Waals surface area contributed by atoms with Gasteiger partial charge >= 0.3 is 5.97 Å². The summed E-state index contributed by atoms with van der Waals surface area (Å²) in [5.74, 6) is -0.130. The van der Waals surface area contributed by atoms with E-state index in [-0.39, 0.29) is 18.4 Å². The molecule has 9 heteroatoms. The SMILES string of the molecule is CCC(CC(=O)O)n1nnnc1-c1snnc1C(C)C. The van der Waals surface area contributed by atoms with Gasteiger partial charge in [0, 0.05) is 0 Å². The van der Waals surface area contributed by atoms with Crippen molar-refractivity contribution in [2.75, 3.05) is 0 Å². The van der Waals surface area contributed by atoms with Crippen LogP contribution in [0.15, 0.2) is 0 Å². The number of hydrogen-bond acceptors (Lipinski definition) is 7. The van der Waals surface area contributed by atoms with Crippen molar-refractivity contribution in [3.63, 3.8) is 0 Å². The Morgan fingerprint density at radius 2 is 2.15 bits per heavy atom. The van der Waals surface area contributed by atoms with Gasteiger partial charge in [0.05, 0.1) is 18.2 Å². The van der Waals surface area contributed by atoms with Gasteiger partial charge in [0.25, 0.3) is 0 Å². The summed E-state index contributed by atoms with van der Waals surface area (Å²) in [6.07, 6.45) is 0.616. The molecule has 0 spiro atoms. The molecule has 8 nitrogen and oxygen atoms in total. The third-order valence-corrected chi connectivity index (χ3v) is 3.72. The van der Waals surface area contributed by atoms with Crippen molar-refractivity contribution in [3.8, 4) is 10.7 Å². The van der Waals surface area contributed by atoms with E-state index < -0.39 is 5.97 Å². The lowest BCUT2D eigenvalue weighted by molar-refractivity contribution is -0.138. The van der Waals surface area contributed by atoms with Crippen LogP contribution in [0.1, 0.15) is 51.3 Å². The van der Waals surface area contributed by atoms with E-state index in [1.165, 1.54) is 11.5 Å². The van der Waals surface area contributed by atoms with Crippen LogP contribution in [0, 0.1) is 0 Å². The number of carboxylic acid groups (broad SMARTS) is 1. The Balaban J connectivity index is 2.41. The molecule has 0 radical (unpaired) electrons. The van der Waals surface area contributed by atoms with Crippen molar-refractivity contribution in [2.24, 2.45) is 0 Å². The number of tetrazole rings is 1. The van der Waals surface area contributed by atoms with Gasteiger partial charge < -0.3 is 5.11 Å². The topological polar surface area (TPSA) is 107 Å². The van der Waals surface area contributed by atoms with Crippen LogP contribution >= 0.6 is 11.5 Å². The molecule has 0 aliphatic heterocycles. The van der Waals surface area contributed by atoms with Gasteiger partial charge in [-0.1, -0.05) is 25.3 Å². The van der Waals surface area contributed by atoms with Crippen molar-refractivity contribution < 1.29 is 9.90 Å². The van der Waals surface area contributed by atoms with E-state index in [1.807, 2.05) is 20.8 Å². The highest BCUT2D eigenvalue weighted by molar-refractivity contribution is 7.09. The Morgan fingerprint density at radius 1 is 1.40 bits per heavy atom. The second kappa shape index (κ2) is 6.04. The minimum absolute atomic E-state index is 0.0161. The fourth-order valence-corrected chi connectivity index (χ4v) is 2.72. The molecule has 0 fully saturated rings. The Morgan fingerprint density at radius 3 is 2.75 bits per heavy atom. The van der Waals surface area contributed by atoms with Crippen LogP contribution in [0.25, 0.3) is 10.7 Å². The van der Waals surface area contributed by atoms with Crippen molar-refractivity contribution in [3.05, 3.63) is 5.69 Å². The van der Waals surface area contributed by atoms with Gasteiger partial charge in [0.1, 0.15) is 4.88 Å². The zero-order valence-electron chi connectivity index (χ0n) is 11.5. The zero-order chi connectivity index (χ0) is 14.7. The average molecular weight is 296 g/mol. The number of carbonyl (C=O) groups is 1. The first kappa shape index (κ1) is 14.5. The lowest BCUT2D eigenvalue weighted by Crippen LogP contribution is -2.15. The van der Waals surface area contributed by atoms with Crippen molar-refractivity contribution in [1.82, 2.24) is 29.8 Å². The Labute approximate surface area is 120 Å². The molecule has 20 heavy (non-hydrogen) atoms. The largest absolute Gasteiger partial charge is 0.481 e. The maximum absolute atomic E-state index is 10.9. The van der Waals surface area contributed by atoms with Crippen LogP contribution in [-0.4, -0.2) is 40.9 Å². The molecule has 0 amide bonds. The lowest BCUT2D eigenvalue weighted by atomic mass is 10.1. The normalized spacial score (nSPS) is 12.8. The van der Waals surface area contributed by atoms with Gasteiger partial charge in [-0.3, -0.25) is 4.79 Å². The molecule has 1 unspecified atom stereocenters. The smallest absolute Gasteiger partial charge is 0.305 e. The molecule has 0 aliphatic rings. The maximum atomic E-state index is 10.9. The Bertz CT molecular complexity index is 593. The number of aromatic nitrogens is 6. The summed E-state index contributed by atoms with van der Waals surface area (Å²) in [6, 6.07) is -0.278. The molecule has 2 heterocycles. The molecular formula is C11H16N6O2S. The standard InChI is InChI=1S/C11H16N6O2S/c1-4-7(5-8(18)19)17-11(13-14-15-17)10-9(6(2)3)12-16-20-10/h6-7H,4-5H2,1-3H3,(H,18,19). The van der Waals surface area contributed by atoms with Crippen LogP contribution in [0.5, 0.6) is 0 Å². The van der Waals surface area contributed by atoms with Crippen LogP contribution < -0.4 is 0 Å². The molecule has 2 aromatic heterocycles. The van der Waals surface area contributed by atoms with E-state index in [2.05, 4.69) is 25.1 Å². The lowest BCUT2D eigenvalue weighted by Gasteiger charge is -2.14. The maximum Gasteiger partial charge on any atom is 0.305 e. The first-order valence-electron chi connectivity index (χ1n) is 6.36. The van der Waals surface area contributed by atoms with Gasteiger partial charge in [0.2, 0.25) is 0 Å². The van der Waals surface area contributed by atoms with Crippen LogP contribution in [-0.2, 0) is 4.79 Å². The van der Waals surface area contributed by atoms with Gasteiger partial charge in [-0.15, -0.1) is 10.2 Å². The summed E-state index contributed by atoms with van der Waals surface area (Å²) in [5, 5.41) is 24.7. The van der Waals surface area contributed by atoms with E-state index >= 15 is 0 Å². The highest BCUT2D eigenvalue weighted by Crippen LogP contribution is 2.31. The van der Waals surface area contributed by atoms with Gasteiger partial charge in [-0.25, -0.2) is 4.68 Å². The Hall–Kier alpha value is -1.90. The van der Waals surface area contributed by atoms with Crippen LogP contribution in [0.2, 0.25) is 0 Å². The Kier molecular flexibility index (Phi) is 4.38. The van der Waals surface area contributed by atoms with Gasteiger partial charge in [0.15, 0.2) is 5.82 Å². The highest BCUT2D eigenvalue weighted by Gasteiger charge is 2.24. The minimum atomic E-state index is -0.871. The van der Waals surface area contributed by atoms with E-state index in [1.54, 1.807) is 4.68 Å². The van der Waals surface area contributed by atoms with Crippen molar-refractivity contribution >= 4 is 17.5 Å². The fourth-order valence-electron chi connectivity index (χ4n) is 1.92. The second-order valence-corrected chi connectivity index (χ2v) is 5.50. The van der Waals surface area contributed by atoms with E-state index in [9.17, 15) is 4.79 Å². The summed E-state index contributed by atoms with van der Waals surface area (Å²) in [6.45, 7) is 5.94. The first-order chi connectivity index (χ1) is 9.54. The number of rotatable bonds is 6. The molecule has 0 aliphatic carbocycles. The zero-order valence-corrected chi connectivity index (χ0v) is 12.3. The van der Waals surface area contributed by atoms with E-state index in [0.717, 1.165) is 10.6 Å². The van der Waals surface area contributed by atoms with Gasteiger partial charge in [-0.05, 0) is 34.3 Å². The molecular weight excluding hydrogens is 280 g/mol. The molecule has 0 saturated carbocycles. The molecule has 0 aromatic carbocycles. The van der Waals surface area contributed by atoms with Crippen molar-refractivity contribution in [2.45, 2.75) is 45.6 Å². The summed E-state index contributed by atoms with van der Waals surface area (Å²) in [7, 11) is 0. The predicted octanol–water partition coefficient (Wildman–Crippen LogP) is 1.74. The fraction of sp³-hybridized carbons (Fsp3) is 0.636. The third kappa shape index (κ3) is 2.82. The number of aliphatic carboxylic acids is 1. The predicted molar refractivity (Wildman–Crippen MR) is 72.4 cm³/mol. The molecule has 1 N–H and O–H groups in total. The van der Waals surface area contributed by atoms with Crippen molar-refractivity contribution in [1.29, 1.82) is 0 Å². The second-order valence-electron chi connectivity index (χ2n) is 4.75. The summed E-state index contributed by atoms with van der Waals surface area (Å²) < 4.78 is 5.52. The van der Waals surface area contributed by atoms with Gasteiger partial charge in [-0.2, -0.15) is 0 Å². The summed E-state index contributed by atoms with van der Waals surface area (Å²) in [4.78, 5) is 11.7. The van der Waals surface area contributed by atoms with E-state index in [4.69, 9.17) is 5.11 Å². The highest BCUT2D eigenvalue weighted by atomic mass is 32.1. The van der Waals surface area contributed by atoms with Crippen LogP contribution in [0.4, 0.5) is 0 Å². The number of hydrogen-bond donors (Lipinski definition) is 1. The van der Waals surface area contributed by atoms with Crippen LogP contribution in [0.3, 0.4) is 0 Å². The number of nitrogens with zero attached hydrogens (tertiary/aromatic N) is 6. The molecule has 2 aromatic rings. The molecule has 2 rings (SSSR count). The third-order valence-electron chi connectivity index (χ3n) is 2.98. The quantitative estimate of drug-likeness (QED) is 0.865.